The van der Waals surface area contributed by atoms with Crippen LogP contribution < -0.4 is 4.90 Å². The highest BCUT2D eigenvalue weighted by Crippen LogP contribution is 2.35. The molecule has 1 aliphatic carbocycles. The van der Waals surface area contributed by atoms with Crippen LogP contribution in [0.15, 0.2) is 24.3 Å². The molecule has 1 fully saturated rings. The fraction of sp³-hybridized carbons (Fsp3) is 0.400. The van der Waals surface area contributed by atoms with Gasteiger partial charge in [0.15, 0.2) is 0 Å². The Hall–Kier alpha value is -1.50. The summed E-state index contributed by atoms with van der Waals surface area (Å²) in [6.07, 6.45) is 1.93. The van der Waals surface area contributed by atoms with Gasteiger partial charge in [-0.05, 0) is 25.0 Å². The highest BCUT2D eigenvalue weighted by molar-refractivity contribution is 7.18. The summed E-state index contributed by atoms with van der Waals surface area (Å²) in [4.78, 5) is 14.1. The minimum atomic E-state index is 0.121. The van der Waals surface area contributed by atoms with Crippen LogP contribution in [0.1, 0.15) is 12.8 Å². The van der Waals surface area contributed by atoms with Gasteiger partial charge < -0.3 is 4.74 Å². The molecule has 1 aromatic heterocycles. The molecule has 0 N–H and O–H groups in total. The van der Waals surface area contributed by atoms with Crippen molar-refractivity contribution in [2.45, 2.75) is 12.8 Å². The Kier molecular flexibility index (Phi) is 4.71. The average Bonchev–Trinajstić information content (AvgIpc) is 3.27. The van der Waals surface area contributed by atoms with Crippen molar-refractivity contribution in [3.63, 3.8) is 0 Å². The van der Waals surface area contributed by atoms with E-state index in [4.69, 9.17) is 16.3 Å². The largest absolute Gasteiger partial charge is 0.383 e. The fourth-order valence-corrected chi connectivity index (χ4v) is 3.07. The van der Waals surface area contributed by atoms with Crippen molar-refractivity contribution >= 4 is 34.0 Å². The molecule has 1 saturated carbocycles. The minimum absolute atomic E-state index is 0.121. The number of amides is 1. The summed E-state index contributed by atoms with van der Waals surface area (Å²) in [6.45, 7) is 0.982. The van der Waals surface area contributed by atoms with E-state index in [0.29, 0.717) is 23.3 Å². The molecule has 0 bridgehead atoms. The maximum absolute atomic E-state index is 12.4. The normalized spacial score (nSPS) is 14.1. The summed E-state index contributed by atoms with van der Waals surface area (Å²) in [6, 6.07) is 7.43. The lowest BCUT2D eigenvalue weighted by molar-refractivity contribution is -0.119. The Bertz CT molecular complexity index is 655. The predicted molar refractivity (Wildman–Crippen MR) is 87.3 cm³/mol. The van der Waals surface area contributed by atoms with Crippen molar-refractivity contribution in [2.75, 3.05) is 25.2 Å². The maximum atomic E-state index is 12.4. The molecule has 0 unspecified atom stereocenters. The topological polar surface area (TPSA) is 55.3 Å². The first-order valence-corrected chi connectivity index (χ1v) is 8.28. The minimum Gasteiger partial charge on any atom is -0.383 e. The molecule has 5 nitrogen and oxygen atoms in total. The average molecular weight is 338 g/mol. The van der Waals surface area contributed by atoms with Crippen LogP contribution in [0.4, 0.5) is 5.13 Å². The Morgan fingerprint density at radius 3 is 2.73 bits per heavy atom. The third kappa shape index (κ3) is 3.45. The summed E-state index contributed by atoms with van der Waals surface area (Å²) in [7, 11) is 1.62. The van der Waals surface area contributed by atoms with Crippen LogP contribution in [0.25, 0.3) is 10.6 Å². The zero-order valence-electron chi connectivity index (χ0n) is 12.2. The van der Waals surface area contributed by atoms with Gasteiger partial charge in [-0.1, -0.05) is 35.1 Å². The second-order valence-corrected chi connectivity index (χ2v) is 6.55. The van der Waals surface area contributed by atoms with Gasteiger partial charge in [0.05, 0.1) is 13.2 Å². The van der Waals surface area contributed by atoms with E-state index in [1.807, 2.05) is 24.3 Å². The molecule has 7 heteroatoms. The summed E-state index contributed by atoms with van der Waals surface area (Å²) >= 11 is 7.30. The molecule has 1 heterocycles. The number of carbonyl (C=O) groups is 1. The standard InChI is InChI=1S/C15H16ClN3O2S/c1-21-9-8-19(14(20)11-2-3-11)15-18-17-13(22-15)10-4-6-12(16)7-5-10/h4-7,11H,2-3,8-9H2,1H3. The number of hydrogen-bond donors (Lipinski definition) is 0. The molecule has 3 rings (SSSR count). The summed E-state index contributed by atoms with van der Waals surface area (Å²) in [5, 5.41) is 10.5. The van der Waals surface area contributed by atoms with Crippen molar-refractivity contribution in [2.24, 2.45) is 5.92 Å². The number of hydrogen-bond acceptors (Lipinski definition) is 5. The second kappa shape index (κ2) is 6.73. The third-order valence-electron chi connectivity index (χ3n) is 3.45. The van der Waals surface area contributed by atoms with E-state index in [2.05, 4.69) is 10.2 Å². The summed E-state index contributed by atoms with van der Waals surface area (Å²) in [5.74, 6) is 0.260. The van der Waals surface area contributed by atoms with Gasteiger partial charge in [0, 0.05) is 23.6 Å². The van der Waals surface area contributed by atoms with Crippen LogP contribution >= 0.6 is 22.9 Å². The lowest BCUT2D eigenvalue weighted by Crippen LogP contribution is -2.35. The smallest absolute Gasteiger partial charge is 0.232 e. The van der Waals surface area contributed by atoms with E-state index >= 15 is 0 Å². The molecule has 116 valence electrons. The molecule has 1 aliphatic rings. The van der Waals surface area contributed by atoms with Gasteiger partial charge in [-0.15, -0.1) is 10.2 Å². The van der Waals surface area contributed by atoms with Gasteiger partial charge in [0.25, 0.3) is 0 Å². The molecular weight excluding hydrogens is 322 g/mol. The number of ether oxygens (including phenoxy) is 1. The van der Waals surface area contributed by atoms with Gasteiger partial charge >= 0.3 is 0 Å². The zero-order valence-corrected chi connectivity index (χ0v) is 13.7. The monoisotopic (exact) mass is 337 g/mol. The summed E-state index contributed by atoms with van der Waals surface area (Å²) < 4.78 is 5.10. The number of halogens is 1. The van der Waals surface area contributed by atoms with E-state index in [-0.39, 0.29) is 11.8 Å². The van der Waals surface area contributed by atoms with E-state index in [1.165, 1.54) is 11.3 Å². The Morgan fingerprint density at radius 1 is 1.36 bits per heavy atom. The van der Waals surface area contributed by atoms with Crippen LogP contribution in [-0.2, 0) is 9.53 Å². The van der Waals surface area contributed by atoms with Crippen LogP contribution in [0.2, 0.25) is 5.02 Å². The van der Waals surface area contributed by atoms with Gasteiger partial charge in [-0.2, -0.15) is 0 Å². The number of nitrogens with zero attached hydrogens (tertiary/aromatic N) is 3. The molecule has 0 spiro atoms. The zero-order chi connectivity index (χ0) is 15.5. The summed E-state index contributed by atoms with van der Waals surface area (Å²) in [5.41, 5.74) is 0.943. The van der Waals surface area contributed by atoms with E-state index in [9.17, 15) is 4.79 Å². The van der Waals surface area contributed by atoms with Crippen molar-refractivity contribution < 1.29 is 9.53 Å². The van der Waals surface area contributed by atoms with Crippen molar-refractivity contribution in [1.82, 2.24) is 10.2 Å². The lowest BCUT2D eigenvalue weighted by Gasteiger charge is -2.18. The molecule has 22 heavy (non-hydrogen) atoms. The molecule has 1 amide bonds. The van der Waals surface area contributed by atoms with Gasteiger partial charge in [-0.25, -0.2) is 0 Å². The van der Waals surface area contributed by atoms with Crippen molar-refractivity contribution in [1.29, 1.82) is 0 Å². The SMILES string of the molecule is COCCN(C(=O)C1CC1)c1nnc(-c2ccc(Cl)cc2)s1. The molecule has 1 aromatic carbocycles. The number of benzene rings is 1. The van der Waals surface area contributed by atoms with Gasteiger partial charge in [0.1, 0.15) is 5.01 Å². The van der Waals surface area contributed by atoms with Gasteiger partial charge in [0.2, 0.25) is 11.0 Å². The van der Waals surface area contributed by atoms with Crippen LogP contribution in [0.5, 0.6) is 0 Å². The number of anilines is 1. The Labute approximate surface area is 137 Å². The molecule has 0 atom stereocenters. The quantitative estimate of drug-likeness (QED) is 0.812. The first-order chi connectivity index (χ1) is 10.7. The lowest BCUT2D eigenvalue weighted by atomic mass is 10.2. The molecular formula is C15H16ClN3O2S. The number of methoxy groups -OCH3 is 1. The van der Waals surface area contributed by atoms with Crippen molar-refractivity contribution in [3.05, 3.63) is 29.3 Å². The number of rotatable bonds is 6. The Balaban J connectivity index is 1.82. The third-order valence-corrected chi connectivity index (χ3v) is 4.70. The van der Waals surface area contributed by atoms with Gasteiger partial charge in [-0.3, -0.25) is 9.69 Å². The van der Waals surface area contributed by atoms with E-state index < -0.39 is 0 Å². The highest BCUT2D eigenvalue weighted by Gasteiger charge is 2.35. The van der Waals surface area contributed by atoms with E-state index in [0.717, 1.165) is 23.4 Å². The van der Waals surface area contributed by atoms with Crippen molar-refractivity contribution in [3.8, 4) is 10.6 Å². The number of aromatic nitrogens is 2. The first kappa shape index (κ1) is 15.4. The van der Waals surface area contributed by atoms with E-state index in [1.54, 1.807) is 12.0 Å². The highest BCUT2D eigenvalue weighted by atomic mass is 35.5. The van der Waals surface area contributed by atoms with Crippen LogP contribution in [0, 0.1) is 5.92 Å². The fourth-order valence-electron chi connectivity index (χ4n) is 2.07. The molecule has 0 saturated heterocycles. The molecule has 2 aromatic rings. The first-order valence-electron chi connectivity index (χ1n) is 7.09. The second-order valence-electron chi connectivity index (χ2n) is 5.15. The molecule has 0 aliphatic heterocycles. The van der Waals surface area contributed by atoms with Crippen LogP contribution in [-0.4, -0.2) is 36.4 Å². The van der Waals surface area contributed by atoms with Crippen LogP contribution in [0.3, 0.4) is 0 Å². The molecule has 0 radical (unpaired) electrons. The maximum Gasteiger partial charge on any atom is 0.232 e. The Morgan fingerprint density at radius 2 is 2.09 bits per heavy atom. The number of carbonyl (C=O) groups excluding carboxylic acids is 1. The predicted octanol–water partition coefficient (Wildman–Crippen LogP) is 3.25.